The van der Waals surface area contributed by atoms with E-state index in [1.165, 1.54) is 46.8 Å². The van der Waals surface area contributed by atoms with E-state index in [9.17, 15) is 38.7 Å². The molecule has 0 fully saturated rings. The molecule has 69 heavy (non-hydrogen) atoms. The van der Waals surface area contributed by atoms with E-state index < -0.39 is 36.1 Å². The Morgan fingerprint density at radius 2 is 0.797 bits per heavy atom. The number of nitrogens with zero attached hydrogens (tertiary/aromatic N) is 5. The van der Waals surface area contributed by atoms with E-state index in [1.807, 2.05) is 0 Å². The van der Waals surface area contributed by atoms with Crippen LogP contribution in [0, 0.1) is 11.8 Å². The number of primary amides is 1. The maximum atomic E-state index is 14.7. The van der Waals surface area contributed by atoms with Crippen molar-refractivity contribution >= 4 is 41.4 Å². The number of aliphatic carboxylic acids is 1. The van der Waals surface area contributed by atoms with Gasteiger partial charge in [-0.1, -0.05) is 170 Å². The van der Waals surface area contributed by atoms with Gasteiger partial charge in [-0.25, -0.2) is 0 Å². The molecule has 6 amide bonds. The monoisotopic (exact) mass is 979 g/mol. The minimum Gasteiger partial charge on any atom is -0.481 e. The number of nitrogens with two attached hydrogens (primary N) is 2. The zero-order valence-electron chi connectivity index (χ0n) is 44.7. The molecule has 0 bridgehead atoms. The Hall–Kier alpha value is -3.79. The van der Waals surface area contributed by atoms with E-state index in [0.29, 0.717) is 45.6 Å². The zero-order valence-corrected chi connectivity index (χ0v) is 44.7. The summed E-state index contributed by atoms with van der Waals surface area (Å²) in [7, 11) is 0. The third-order valence-electron chi connectivity index (χ3n) is 13.2. The first-order valence-corrected chi connectivity index (χ1v) is 27.5. The molecule has 0 saturated carbocycles. The lowest BCUT2D eigenvalue weighted by molar-refractivity contribution is -0.148. The fourth-order valence-electron chi connectivity index (χ4n) is 8.60. The standard InChI is InChI=1S/C53H102N8O8/c1-7-13-17-19-21-23-25-27-34-57(49(64)41-59(36-31-53(68)69)48(63)37-56-33-32-54)43-52(67)61(39-46(12-6)30-16-10-4)44-50(65)58(35-28-26-24-22-20-18-14-8-2)42-51(66)60(40-47(55)62)38-45(11-5)29-15-9-3/h45-46,56H,7-44,54H2,1-6H3,(H2,55,62)(H,68,69). The number of hydrogen-bond acceptors (Lipinski definition) is 9. The molecule has 0 aromatic heterocycles. The molecule has 0 radical (unpaired) electrons. The second-order valence-corrected chi connectivity index (χ2v) is 19.4. The number of nitrogens with one attached hydrogen (secondary N) is 1. The van der Waals surface area contributed by atoms with Crippen LogP contribution in [0.1, 0.15) is 202 Å². The Bertz CT molecular complexity index is 1400. The zero-order chi connectivity index (χ0) is 51.7. The molecule has 6 N–H and O–H groups in total. The molecule has 2 unspecified atom stereocenters. The van der Waals surface area contributed by atoms with Crippen LogP contribution in [-0.4, -0.2) is 156 Å². The number of carbonyl (C=O) groups excluding carboxylic acids is 6. The van der Waals surface area contributed by atoms with Gasteiger partial charge in [-0.3, -0.25) is 33.6 Å². The third kappa shape index (κ3) is 33.4. The molecule has 0 aromatic carbocycles. The molecule has 0 rings (SSSR count). The number of unbranched alkanes of at least 4 members (excludes halogenated alkanes) is 16. The van der Waals surface area contributed by atoms with Gasteiger partial charge in [0, 0.05) is 45.8 Å². The van der Waals surface area contributed by atoms with Gasteiger partial charge in [0.25, 0.3) is 0 Å². The Balaban J connectivity index is 6.89. The minimum atomic E-state index is -1.11. The fraction of sp³-hybridized carbons (Fsp3) is 0.868. The van der Waals surface area contributed by atoms with Crippen LogP contribution in [-0.2, 0) is 33.6 Å². The van der Waals surface area contributed by atoms with Crippen LogP contribution in [0.25, 0.3) is 0 Å². The van der Waals surface area contributed by atoms with Gasteiger partial charge in [0.2, 0.25) is 35.4 Å². The molecule has 0 aliphatic rings. The SMILES string of the molecule is CCCCCCCCCCN(CC(=O)N(CC(=O)N(CCCCCCCCCC)CC(=O)N(CC(N)=O)CC(CC)CCCC)CC(CC)CCCC)C(=O)CN(CCC(=O)O)C(=O)CNCCN. The second kappa shape index (κ2) is 43.0. The Labute approximate surface area is 419 Å². The third-order valence-corrected chi connectivity index (χ3v) is 13.2. The fourth-order valence-corrected chi connectivity index (χ4v) is 8.60. The number of carboxylic acid groups (broad SMARTS) is 1. The summed E-state index contributed by atoms with van der Waals surface area (Å²) >= 11 is 0. The van der Waals surface area contributed by atoms with Crippen molar-refractivity contribution in [1.29, 1.82) is 0 Å². The smallest absolute Gasteiger partial charge is 0.305 e. The van der Waals surface area contributed by atoms with E-state index in [1.54, 1.807) is 9.80 Å². The quantitative estimate of drug-likeness (QED) is 0.0444. The average molecular weight is 979 g/mol. The lowest BCUT2D eigenvalue weighted by Crippen LogP contribution is -2.52. The molecular formula is C53H102N8O8. The van der Waals surface area contributed by atoms with Crippen LogP contribution >= 0.6 is 0 Å². The van der Waals surface area contributed by atoms with Crippen LogP contribution in [0.4, 0.5) is 0 Å². The Morgan fingerprint density at radius 3 is 1.16 bits per heavy atom. The summed E-state index contributed by atoms with van der Waals surface area (Å²) in [5, 5.41) is 12.4. The normalized spacial score (nSPS) is 12.0. The van der Waals surface area contributed by atoms with E-state index >= 15 is 0 Å². The average Bonchev–Trinajstić information content (AvgIpc) is 3.32. The molecular weight excluding hydrogens is 877 g/mol. The van der Waals surface area contributed by atoms with Crippen LogP contribution in [0.5, 0.6) is 0 Å². The van der Waals surface area contributed by atoms with E-state index in [0.717, 1.165) is 109 Å². The summed E-state index contributed by atoms with van der Waals surface area (Å²) in [4.78, 5) is 102. The summed E-state index contributed by atoms with van der Waals surface area (Å²) in [6.07, 6.45) is 23.5. The van der Waals surface area contributed by atoms with Gasteiger partial charge in [0.1, 0.15) is 0 Å². The van der Waals surface area contributed by atoms with Gasteiger partial charge in [0.15, 0.2) is 0 Å². The lowest BCUT2D eigenvalue weighted by Gasteiger charge is -2.33. The number of carboxylic acids is 1. The van der Waals surface area contributed by atoms with E-state index in [2.05, 4.69) is 46.9 Å². The Morgan fingerprint density at radius 1 is 0.449 bits per heavy atom. The summed E-state index contributed by atoms with van der Waals surface area (Å²) in [5.41, 5.74) is 11.3. The first kappa shape index (κ1) is 65.2. The van der Waals surface area contributed by atoms with Crippen molar-refractivity contribution in [3.05, 3.63) is 0 Å². The lowest BCUT2D eigenvalue weighted by atomic mass is 9.98. The van der Waals surface area contributed by atoms with E-state index in [4.69, 9.17) is 11.5 Å². The molecule has 0 aromatic rings. The highest BCUT2D eigenvalue weighted by Gasteiger charge is 2.30. The van der Waals surface area contributed by atoms with Gasteiger partial charge < -0.3 is 46.4 Å². The first-order valence-electron chi connectivity index (χ1n) is 27.5. The van der Waals surface area contributed by atoms with Crippen molar-refractivity contribution in [3.8, 4) is 0 Å². The molecule has 0 spiro atoms. The molecule has 0 saturated heterocycles. The molecule has 16 heteroatoms. The van der Waals surface area contributed by atoms with Crippen LogP contribution in [0.3, 0.4) is 0 Å². The molecule has 402 valence electrons. The highest BCUT2D eigenvalue weighted by molar-refractivity contribution is 5.92. The maximum absolute atomic E-state index is 14.7. The first-order chi connectivity index (χ1) is 33.2. The van der Waals surface area contributed by atoms with E-state index in [-0.39, 0.29) is 75.9 Å². The number of hydrogen-bond donors (Lipinski definition) is 4. The van der Waals surface area contributed by atoms with Crippen molar-refractivity contribution in [3.63, 3.8) is 0 Å². The summed E-state index contributed by atoms with van der Waals surface area (Å²) < 4.78 is 0. The number of rotatable bonds is 47. The predicted molar refractivity (Wildman–Crippen MR) is 278 cm³/mol. The number of carbonyl (C=O) groups is 7. The molecule has 16 nitrogen and oxygen atoms in total. The molecule has 0 aliphatic carbocycles. The van der Waals surface area contributed by atoms with Crippen molar-refractivity contribution < 1.29 is 38.7 Å². The molecule has 0 heterocycles. The van der Waals surface area contributed by atoms with Gasteiger partial charge in [-0.15, -0.1) is 0 Å². The largest absolute Gasteiger partial charge is 0.481 e. The highest BCUT2D eigenvalue weighted by Crippen LogP contribution is 2.18. The second-order valence-electron chi connectivity index (χ2n) is 19.4. The highest BCUT2D eigenvalue weighted by atomic mass is 16.4. The molecule has 0 aliphatic heterocycles. The predicted octanol–water partition coefficient (Wildman–Crippen LogP) is 7.35. The topological polar surface area (TPSA) is 220 Å². The van der Waals surface area contributed by atoms with Crippen molar-refractivity contribution in [2.24, 2.45) is 23.3 Å². The molecule has 2 atom stereocenters. The minimum absolute atomic E-state index is 0.0895. The van der Waals surface area contributed by atoms with Crippen LogP contribution in [0.2, 0.25) is 0 Å². The van der Waals surface area contributed by atoms with Gasteiger partial charge >= 0.3 is 5.97 Å². The van der Waals surface area contributed by atoms with Gasteiger partial charge in [-0.05, 0) is 37.5 Å². The van der Waals surface area contributed by atoms with Crippen LogP contribution < -0.4 is 16.8 Å². The van der Waals surface area contributed by atoms with Gasteiger partial charge in [0.05, 0.1) is 45.7 Å². The van der Waals surface area contributed by atoms with Crippen molar-refractivity contribution in [2.45, 2.75) is 202 Å². The summed E-state index contributed by atoms with van der Waals surface area (Å²) in [5.74, 6) is -3.52. The summed E-state index contributed by atoms with van der Waals surface area (Å²) in [6.45, 7) is 12.8. The van der Waals surface area contributed by atoms with Crippen molar-refractivity contribution in [1.82, 2.24) is 29.8 Å². The van der Waals surface area contributed by atoms with Crippen molar-refractivity contribution in [2.75, 3.05) is 85.1 Å². The Kier molecular flexibility index (Phi) is 40.7. The number of amides is 6. The van der Waals surface area contributed by atoms with Crippen LogP contribution in [0.15, 0.2) is 0 Å². The summed E-state index contributed by atoms with van der Waals surface area (Å²) in [6, 6.07) is 0. The maximum Gasteiger partial charge on any atom is 0.305 e. The van der Waals surface area contributed by atoms with Gasteiger partial charge in [-0.2, -0.15) is 0 Å².